The van der Waals surface area contributed by atoms with Crippen molar-refractivity contribution >= 4 is 6.09 Å². The van der Waals surface area contributed by atoms with E-state index in [1.165, 1.54) is 5.57 Å². The number of hydrogen-bond donors (Lipinski definition) is 2. The molecule has 1 unspecified atom stereocenters. The molecule has 1 rings (SSSR count). The number of allylic oxidation sites excluding steroid dienone is 2. The Morgan fingerprint density at radius 2 is 1.93 bits per heavy atom. The number of amides is 1. The lowest BCUT2D eigenvalue weighted by molar-refractivity contribution is -0.0316. The molecule has 5 heteroatoms. The fraction of sp³-hybridized carbons (Fsp3) is 0.783. The van der Waals surface area contributed by atoms with Crippen LogP contribution in [-0.2, 0) is 9.47 Å². The van der Waals surface area contributed by atoms with E-state index in [0.717, 1.165) is 38.5 Å². The Morgan fingerprint density at radius 1 is 1.25 bits per heavy atom. The molecule has 0 saturated carbocycles. The molecule has 3 atom stereocenters. The average molecular weight is 396 g/mol. The first-order chi connectivity index (χ1) is 12.9. The van der Waals surface area contributed by atoms with E-state index in [1.807, 2.05) is 40.7 Å². The van der Waals surface area contributed by atoms with Crippen LogP contribution in [0.15, 0.2) is 23.8 Å². The van der Waals surface area contributed by atoms with Crippen molar-refractivity contribution in [2.45, 2.75) is 104 Å². The van der Waals surface area contributed by atoms with Crippen LogP contribution in [0.25, 0.3) is 0 Å². The van der Waals surface area contributed by atoms with E-state index in [0.29, 0.717) is 0 Å². The third-order valence-electron chi connectivity index (χ3n) is 5.07. The normalized spacial score (nSPS) is 30.4. The number of aliphatic hydroxyl groups is 1. The molecular formula is C23H41NO4. The van der Waals surface area contributed by atoms with Crippen molar-refractivity contribution in [1.82, 2.24) is 5.32 Å². The van der Waals surface area contributed by atoms with E-state index in [-0.39, 0.29) is 18.2 Å². The Bertz CT molecular complexity index is 545. The Balaban J connectivity index is 2.89. The Morgan fingerprint density at radius 3 is 2.54 bits per heavy atom. The highest BCUT2D eigenvalue weighted by Gasteiger charge is 2.31. The minimum Gasteiger partial charge on any atom is -0.444 e. The first-order valence-electron chi connectivity index (χ1n) is 10.5. The molecule has 0 aliphatic heterocycles. The third kappa shape index (κ3) is 9.24. The summed E-state index contributed by atoms with van der Waals surface area (Å²) in [6, 6.07) is 0.0879. The second-order valence-electron chi connectivity index (χ2n) is 9.55. The van der Waals surface area contributed by atoms with E-state index in [2.05, 4.69) is 24.4 Å². The van der Waals surface area contributed by atoms with Crippen molar-refractivity contribution in [2.75, 3.05) is 7.11 Å². The number of ether oxygens (including phenoxy) is 2. The third-order valence-corrected chi connectivity index (χ3v) is 5.07. The molecule has 5 nitrogen and oxygen atoms in total. The molecule has 1 aliphatic carbocycles. The molecule has 0 aromatic carbocycles. The lowest BCUT2D eigenvalue weighted by Gasteiger charge is -2.32. The van der Waals surface area contributed by atoms with Crippen LogP contribution < -0.4 is 5.32 Å². The summed E-state index contributed by atoms with van der Waals surface area (Å²) in [6.07, 6.45) is 10.6. The summed E-state index contributed by atoms with van der Waals surface area (Å²) in [5.74, 6) is 0. The number of alkyl carbamates (subject to hydrolysis) is 1. The van der Waals surface area contributed by atoms with Crippen molar-refractivity contribution in [2.24, 2.45) is 5.41 Å². The summed E-state index contributed by atoms with van der Waals surface area (Å²) >= 11 is 0. The van der Waals surface area contributed by atoms with Crippen LogP contribution in [0.3, 0.4) is 0 Å². The highest BCUT2D eigenvalue weighted by molar-refractivity contribution is 5.68. The van der Waals surface area contributed by atoms with Crippen LogP contribution in [0.2, 0.25) is 0 Å². The molecule has 0 saturated heterocycles. The summed E-state index contributed by atoms with van der Waals surface area (Å²) in [6.45, 7) is 11.8. The zero-order valence-electron chi connectivity index (χ0n) is 18.9. The van der Waals surface area contributed by atoms with Gasteiger partial charge in [-0.05, 0) is 59.8 Å². The summed E-state index contributed by atoms with van der Waals surface area (Å²) < 4.78 is 10.9. The fourth-order valence-corrected chi connectivity index (χ4v) is 3.58. The maximum absolute atomic E-state index is 12.2. The number of aliphatic hydroxyl groups excluding tert-OH is 1. The van der Waals surface area contributed by atoms with Gasteiger partial charge in [-0.15, -0.1) is 0 Å². The summed E-state index contributed by atoms with van der Waals surface area (Å²) in [5.41, 5.74) is 0.299. The van der Waals surface area contributed by atoms with Crippen molar-refractivity contribution in [1.29, 1.82) is 0 Å². The summed E-state index contributed by atoms with van der Waals surface area (Å²) in [7, 11) is 1.64. The van der Waals surface area contributed by atoms with Gasteiger partial charge in [-0.2, -0.15) is 0 Å². The monoisotopic (exact) mass is 395 g/mol. The van der Waals surface area contributed by atoms with E-state index in [9.17, 15) is 9.90 Å². The molecule has 2 N–H and O–H groups in total. The molecule has 0 spiro atoms. The molecule has 0 bridgehead atoms. The van der Waals surface area contributed by atoms with Gasteiger partial charge in [-0.3, -0.25) is 0 Å². The van der Waals surface area contributed by atoms with Gasteiger partial charge >= 0.3 is 6.09 Å². The maximum atomic E-state index is 12.2. The molecule has 0 aromatic rings. The predicted molar refractivity (Wildman–Crippen MR) is 114 cm³/mol. The highest BCUT2D eigenvalue weighted by Crippen LogP contribution is 2.29. The van der Waals surface area contributed by atoms with Gasteiger partial charge in [0, 0.05) is 18.6 Å². The topological polar surface area (TPSA) is 67.8 Å². The lowest BCUT2D eigenvalue weighted by atomic mass is 9.81. The predicted octanol–water partition coefficient (Wildman–Crippen LogP) is 5.14. The molecule has 28 heavy (non-hydrogen) atoms. The Kier molecular flexibility index (Phi) is 9.72. The molecule has 1 aliphatic rings. The summed E-state index contributed by atoms with van der Waals surface area (Å²) in [5, 5.41) is 13.9. The highest BCUT2D eigenvalue weighted by atomic mass is 16.6. The fourth-order valence-electron chi connectivity index (χ4n) is 3.58. The molecule has 0 radical (unpaired) electrons. The zero-order valence-corrected chi connectivity index (χ0v) is 18.9. The smallest absolute Gasteiger partial charge is 0.407 e. The molecule has 0 heterocycles. The molecular weight excluding hydrogens is 354 g/mol. The van der Waals surface area contributed by atoms with Crippen LogP contribution in [0.1, 0.15) is 80.1 Å². The van der Waals surface area contributed by atoms with Crippen LogP contribution in [0.4, 0.5) is 4.79 Å². The van der Waals surface area contributed by atoms with Gasteiger partial charge in [0.15, 0.2) is 0 Å². The number of hydrogen-bond acceptors (Lipinski definition) is 4. The first-order valence-corrected chi connectivity index (χ1v) is 10.5. The second-order valence-corrected chi connectivity index (χ2v) is 9.55. The largest absolute Gasteiger partial charge is 0.444 e. The zero-order chi connectivity index (χ0) is 21.4. The average Bonchev–Trinajstić information content (AvgIpc) is 2.55. The van der Waals surface area contributed by atoms with E-state index in [4.69, 9.17) is 9.47 Å². The molecule has 0 fully saturated rings. The number of carbonyl (C=O) groups excluding carboxylic acids is 1. The van der Waals surface area contributed by atoms with Crippen molar-refractivity contribution in [3.05, 3.63) is 23.8 Å². The maximum Gasteiger partial charge on any atom is 0.407 e. The van der Waals surface area contributed by atoms with Gasteiger partial charge in [-0.1, -0.05) is 44.1 Å². The van der Waals surface area contributed by atoms with Crippen LogP contribution in [0, 0.1) is 5.41 Å². The number of methoxy groups -OCH3 is 1. The van der Waals surface area contributed by atoms with Crippen molar-refractivity contribution in [3.63, 3.8) is 0 Å². The van der Waals surface area contributed by atoms with Gasteiger partial charge in [0.1, 0.15) is 11.7 Å². The minimum absolute atomic E-state index is 0.0879. The standard InChI is InChI=1S/C23H41NO4/c1-17-14-15-18(24-21(26)28-22(2,3)4)12-10-8-9-11-13-19(27-7)20(25)23(5,6)16-17/h11,13,16,18-20,25H,8-10,12,14-15H2,1-7H3,(H,24,26)/b13-11+,17-16-/t18?,19-,20+/m0/s1. The van der Waals surface area contributed by atoms with Gasteiger partial charge in [0.05, 0.1) is 6.10 Å². The number of nitrogens with one attached hydrogen (secondary N) is 1. The van der Waals surface area contributed by atoms with Crippen LogP contribution in [0.5, 0.6) is 0 Å². The van der Waals surface area contributed by atoms with E-state index in [1.54, 1.807) is 7.11 Å². The summed E-state index contributed by atoms with van der Waals surface area (Å²) in [4.78, 5) is 12.2. The van der Waals surface area contributed by atoms with Gasteiger partial charge in [-0.25, -0.2) is 4.79 Å². The van der Waals surface area contributed by atoms with E-state index < -0.39 is 17.1 Å². The minimum atomic E-state index is -0.623. The van der Waals surface area contributed by atoms with Crippen LogP contribution >= 0.6 is 0 Å². The van der Waals surface area contributed by atoms with Gasteiger partial charge in [0.25, 0.3) is 0 Å². The lowest BCUT2D eigenvalue weighted by Crippen LogP contribution is -2.39. The van der Waals surface area contributed by atoms with Gasteiger partial charge < -0.3 is 19.9 Å². The Labute approximate surface area is 171 Å². The van der Waals surface area contributed by atoms with Crippen molar-refractivity contribution < 1.29 is 19.4 Å². The van der Waals surface area contributed by atoms with Gasteiger partial charge in [0.2, 0.25) is 0 Å². The van der Waals surface area contributed by atoms with Crippen molar-refractivity contribution in [3.8, 4) is 0 Å². The molecule has 1 amide bonds. The molecule has 0 aromatic heterocycles. The SMILES string of the molecule is CO[C@H]1/C=C/CCCCC(NC(=O)OC(C)(C)C)CC/C(C)=C\C(C)(C)[C@@H]1O. The molecule has 162 valence electrons. The first kappa shape index (κ1) is 24.7. The number of rotatable bonds is 2. The second kappa shape index (κ2) is 11.0. The van der Waals surface area contributed by atoms with Crippen LogP contribution in [-0.4, -0.2) is 42.2 Å². The van der Waals surface area contributed by atoms with E-state index >= 15 is 0 Å². The number of carbonyl (C=O) groups is 1. The quantitative estimate of drug-likeness (QED) is 0.635. The Hall–Kier alpha value is -1.33.